The topological polar surface area (TPSA) is 0 Å². The molecule has 0 radical (unpaired) electrons. The number of rotatable bonds is 1. The number of fused-ring (bicyclic) bond motifs is 1. The Labute approximate surface area is 89.3 Å². The molecule has 0 fully saturated rings. The summed E-state index contributed by atoms with van der Waals surface area (Å²) < 4.78 is 37.6. The molecule has 0 saturated heterocycles. The van der Waals surface area contributed by atoms with Crippen LogP contribution in [0.2, 0.25) is 0 Å². The SMILES string of the molecule is Cc1cc2cccc(CC(F)(F)F)c2s1. The predicted octanol–water partition coefficient (Wildman–Crippen LogP) is 4.31. The molecular weight excluding hydrogens is 221 g/mol. The largest absolute Gasteiger partial charge is 0.393 e. The summed E-state index contributed by atoms with van der Waals surface area (Å²) in [6, 6.07) is 6.99. The number of benzene rings is 1. The molecule has 0 aliphatic heterocycles. The minimum absolute atomic E-state index is 0.373. The average Bonchev–Trinajstić information content (AvgIpc) is 2.43. The molecule has 0 N–H and O–H groups in total. The molecule has 0 unspecified atom stereocenters. The monoisotopic (exact) mass is 230 g/mol. The summed E-state index contributed by atoms with van der Waals surface area (Å²) in [5.41, 5.74) is 0.373. The van der Waals surface area contributed by atoms with Gasteiger partial charge in [0.15, 0.2) is 0 Å². The second-order valence-electron chi connectivity index (χ2n) is 3.48. The number of aryl methyl sites for hydroxylation is 1. The summed E-state index contributed by atoms with van der Waals surface area (Å²) in [7, 11) is 0. The van der Waals surface area contributed by atoms with Gasteiger partial charge >= 0.3 is 6.18 Å². The Morgan fingerprint density at radius 2 is 2.00 bits per heavy atom. The molecule has 0 spiro atoms. The van der Waals surface area contributed by atoms with Crippen molar-refractivity contribution < 1.29 is 13.2 Å². The van der Waals surface area contributed by atoms with Gasteiger partial charge in [0.1, 0.15) is 0 Å². The molecule has 1 aromatic heterocycles. The van der Waals surface area contributed by atoms with Crippen LogP contribution in [0.4, 0.5) is 13.2 Å². The van der Waals surface area contributed by atoms with Gasteiger partial charge in [0.25, 0.3) is 0 Å². The molecule has 0 nitrogen and oxygen atoms in total. The van der Waals surface area contributed by atoms with Crippen LogP contribution in [0, 0.1) is 6.92 Å². The van der Waals surface area contributed by atoms with E-state index in [-0.39, 0.29) is 0 Å². The van der Waals surface area contributed by atoms with E-state index in [0.29, 0.717) is 5.56 Å². The Hall–Kier alpha value is -1.03. The molecule has 1 aromatic carbocycles. The number of alkyl halides is 3. The lowest BCUT2D eigenvalue weighted by atomic mass is 10.1. The second kappa shape index (κ2) is 3.52. The van der Waals surface area contributed by atoms with Crippen LogP contribution in [0.5, 0.6) is 0 Å². The summed E-state index contributed by atoms with van der Waals surface area (Å²) in [4.78, 5) is 1.04. The Morgan fingerprint density at radius 3 is 2.67 bits per heavy atom. The Bertz CT molecular complexity index is 482. The van der Waals surface area contributed by atoms with Crippen LogP contribution in [0.1, 0.15) is 10.4 Å². The number of halogens is 3. The molecule has 0 bridgehead atoms. The van der Waals surface area contributed by atoms with Crippen LogP contribution in [0.15, 0.2) is 24.3 Å². The van der Waals surface area contributed by atoms with Crippen molar-refractivity contribution >= 4 is 21.4 Å². The zero-order chi connectivity index (χ0) is 11.1. The molecular formula is C11H9F3S. The first-order valence-corrected chi connectivity index (χ1v) is 5.32. The van der Waals surface area contributed by atoms with Gasteiger partial charge in [0.2, 0.25) is 0 Å². The molecule has 4 heteroatoms. The van der Waals surface area contributed by atoms with Gasteiger partial charge in [-0.2, -0.15) is 13.2 Å². The second-order valence-corrected chi connectivity index (χ2v) is 4.74. The molecule has 80 valence electrons. The summed E-state index contributed by atoms with van der Waals surface area (Å²) in [6.07, 6.45) is -4.98. The summed E-state index contributed by atoms with van der Waals surface area (Å²) in [5.74, 6) is 0. The van der Waals surface area contributed by atoms with Gasteiger partial charge in [-0.25, -0.2) is 0 Å². The fraction of sp³-hybridized carbons (Fsp3) is 0.273. The van der Waals surface area contributed by atoms with E-state index in [0.717, 1.165) is 15.0 Å². The molecule has 1 heterocycles. The van der Waals surface area contributed by atoms with Gasteiger partial charge in [-0.3, -0.25) is 0 Å². The Morgan fingerprint density at radius 1 is 1.27 bits per heavy atom. The first-order valence-electron chi connectivity index (χ1n) is 4.50. The minimum Gasteiger partial charge on any atom is -0.171 e. The predicted molar refractivity (Wildman–Crippen MR) is 56.3 cm³/mol. The standard InChI is InChI=1S/C11H9F3S/c1-7-5-8-3-2-4-9(10(8)15-7)6-11(12,13)14/h2-5H,6H2,1H3. The first kappa shape index (κ1) is 10.5. The van der Waals surface area contributed by atoms with Crippen molar-refractivity contribution in [2.75, 3.05) is 0 Å². The van der Waals surface area contributed by atoms with Gasteiger partial charge in [-0.05, 0) is 23.9 Å². The first-order chi connectivity index (χ1) is 6.96. The molecule has 0 amide bonds. The fourth-order valence-electron chi connectivity index (χ4n) is 1.61. The zero-order valence-corrected chi connectivity index (χ0v) is 8.88. The lowest BCUT2D eigenvalue weighted by molar-refractivity contribution is -0.126. The average molecular weight is 230 g/mol. The van der Waals surface area contributed by atoms with E-state index in [1.165, 1.54) is 11.3 Å². The summed E-state index contributed by atoms with van der Waals surface area (Å²) >= 11 is 1.42. The van der Waals surface area contributed by atoms with Crippen molar-refractivity contribution in [1.29, 1.82) is 0 Å². The van der Waals surface area contributed by atoms with Crippen LogP contribution < -0.4 is 0 Å². The van der Waals surface area contributed by atoms with E-state index in [4.69, 9.17) is 0 Å². The number of hydrogen-bond donors (Lipinski definition) is 0. The third kappa shape index (κ3) is 2.31. The van der Waals surface area contributed by atoms with Crippen molar-refractivity contribution in [3.8, 4) is 0 Å². The highest BCUT2D eigenvalue weighted by atomic mass is 32.1. The maximum atomic E-state index is 12.3. The third-order valence-electron chi connectivity index (χ3n) is 2.14. The van der Waals surface area contributed by atoms with Gasteiger partial charge < -0.3 is 0 Å². The summed E-state index contributed by atoms with van der Waals surface area (Å²) in [6.45, 7) is 1.90. The quantitative estimate of drug-likeness (QED) is 0.684. The molecule has 0 aliphatic carbocycles. The van der Waals surface area contributed by atoms with Crippen molar-refractivity contribution in [3.63, 3.8) is 0 Å². The van der Waals surface area contributed by atoms with Crippen LogP contribution >= 0.6 is 11.3 Å². The third-order valence-corrected chi connectivity index (χ3v) is 3.28. The van der Waals surface area contributed by atoms with E-state index >= 15 is 0 Å². The highest BCUT2D eigenvalue weighted by Crippen LogP contribution is 2.32. The Balaban J connectivity index is 2.51. The molecule has 0 atom stereocenters. The van der Waals surface area contributed by atoms with Crippen LogP contribution in [-0.2, 0) is 6.42 Å². The normalized spacial score (nSPS) is 12.3. The van der Waals surface area contributed by atoms with Crippen molar-refractivity contribution in [2.45, 2.75) is 19.5 Å². The number of thiophene rings is 1. The van der Waals surface area contributed by atoms with E-state index in [2.05, 4.69) is 0 Å². The maximum Gasteiger partial charge on any atom is 0.393 e. The van der Waals surface area contributed by atoms with E-state index in [1.54, 1.807) is 12.1 Å². The van der Waals surface area contributed by atoms with Crippen LogP contribution in [0.3, 0.4) is 0 Å². The molecule has 0 saturated carbocycles. The Kier molecular flexibility index (Phi) is 2.46. The van der Waals surface area contributed by atoms with E-state index < -0.39 is 12.6 Å². The van der Waals surface area contributed by atoms with E-state index in [1.807, 2.05) is 19.1 Å². The minimum atomic E-state index is -4.13. The van der Waals surface area contributed by atoms with Crippen molar-refractivity contribution in [3.05, 3.63) is 34.7 Å². The van der Waals surface area contributed by atoms with Crippen molar-refractivity contribution in [2.24, 2.45) is 0 Å². The maximum absolute atomic E-state index is 12.3. The molecule has 2 rings (SSSR count). The highest BCUT2D eigenvalue weighted by Gasteiger charge is 2.28. The molecule has 2 aromatic rings. The van der Waals surface area contributed by atoms with Gasteiger partial charge in [-0.15, -0.1) is 11.3 Å². The smallest absolute Gasteiger partial charge is 0.171 e. The highest BCUT2D eigenvalue weighted by molar-refractivity contribution is 7.19. The van der Waals surface area contributed by atoms with Gasteiger partial charge in [0.05, 0.1) is 6.42 Å². The molecule has 0 aliphatic rings. The van der Waals surface area contributed by atoms with Crippen LogP contribution in [-0.4, -0.2) is 6.18 Å². The summed E-state index contributed by atoms with van der Waals surface area (Å²) in [5, 5.41) is 0.902. The fourth-order valence-corrected chi connectivity index (χ4v) is 2.63. The van der Waals surface area contributed by atoms with Crippen LogP contribution in [0.25, 0.3) is 10.1 Å². The van der Waals surface area contributed by atoms with Gasteiger partial charge in [0, 0.05) is 9.58 Å². The number of hydrogen-bond acceptors (Lipinski definition) is 1. The van der Waals surface area contributed by atoms with Crippen molar-refractivity contribution in [1.82, 2.24) is 0 Å². The van der Waals surface area contributed by atoms with Gasteiger partial charge in [-0.1, -0.05) is 18.2 Å². The zero-order valence-electron chi connectivity index (χ0n) is 8.06. The van der Waals surface area contributed by atoms with E-state index in [9.17, 15) is 13.2 Å². The lowest BCUT2D eigenvalue weighted by Gasteiger charge is -2.06. The lowest BCUT2D eigenvalue weighted by Crippen LogP contribution is -2.11. The molecule has 15 heavy (non-hydrogen) atoms.